The van der Waals surface area contributed by atoms with Gasteiger partial charge in [-0.05, 0) is 26.3 Å². The van der Waals surface area contributed by atoms with Gasteiger partial charge >= 0.3 is 0 Å². The monoisotopic (exact) mass is 183 g/mol. The van der Waals surface area contributed by atoms with Crippen molar-refractivity contribution in [3.63, 3.8) is 0 Å². The molecule has 0 unspecified atom stereocenters. The van der Waals surface area contributed by atoms with Crippen LogP contribution in [0.4, 0.5) is 0 Å². The number of hydrogen-bond donors (Lipinski definition) is 0. The van der Waals surface area contributed by atoms with Crippen molar-refractivity contribution in [1.29, 1.82) is 0 Å². The summed E-state index contributed by atoms with van der Waals surface area (Å²) in [7, 11) is 1.68. The lowest BCUT2D eigenvalue weighted by Gasteiger charge is -2.03. The first-order valence-electron chi connectivity index (χ1n) is 3.79. The summed E-state index contributed by atoms with van der Waals surface area (Å²) >= 11 is 1.62. The van der Waals surface area contributed by atoms with Gasteiger partial charge in [-0.1, -0.05) is 0 Å². The lowest BCUT2D eigenvalue weighted by atomic mass is 10.3. The van der Waals surface area contributed by atoms with Gasteiger partial charge < -0.3 is 4.74 Å². The van der Waals surface area contributed by atoms with E-state index in [0.29, 0.717) is 0 Å². The highest BCUT2D eigenvalue weighted by Gasteiger charge is 2.06. The summed E-state index contributed by atoms with van der Waals surface area (Å²) in [6.45, 7) is 6.03. The number of methoxy groups -OCH3 is 1. The second kappa shape index (κ2) is 3.72. The molecule has 66 valence electrons. The Bertz CT molecular complexity index is 297. The Morgan fingerprint density at radius 3 is 2.50 bits per heavy atom. The first-order chi connectivity index (χ1) is 5.65. The van der Waals surface area contributed by atoms with Crippen molar-refractivity contribution in [2.45, 2.75) is 20.8 Å². The molecule has 0 aromatic carbocycles. The van der Waals surface area contributed by atoms with E-state index in [2.05, 4.69) is 4.98 Å². The highest BCUT2D eigenvalue weighted by molar-refractivity contribution is 7.10. The van der Waals surface area contributed by atoms with Crippen LogP contribution in [0.15, 0.2) is 11.0 Å². The van der Waals surface area contributed by atoms with E-state index in [0.717, 1.165) is 22.0 Å². The van der Waals surface area contributed by atoms with Gasteiger partial charge in [-0.15, -0.1) is 11.3 Å². The number of aryl methyl sites for hydroxylation is 1. The normalized spacial score (nSPS) is 9.67. The van der Waals surface area contributed by atoms with E-state index in [-0.39, 0.29) is 0 Å². The SMILES string of the molecule is COC(=C(C)C)c1nc(C)cs1. The molecule has 1 aromatic heterocycles. The predicted octanol–water partition coefficient (Wildman–Crippen LogP) is 2.85. The second-order valence-corrected chi connectivity index (χ2v) is 3.69. The van der Waals surface area contributed by atoms with E-state index in [1.165, 1.54) is 0 Å². The van der Waals surface area contributed by atoms with Gasteiger partial charge in [0.1, 0.15) is 0 Å². The standard InChI is InChI=1S/C9H13NOS/c1-6(2)8(11-4)9-10-7(3)5-12-9/h5H,1-4H3. The fraction of sp³-hybridized carbons (Fsp3) is 0.444. The lowest BCUT2D eigenvalue weighted by molar-refractivity contribution is 0.366. The zero-order valence-corrected chi connectivity index (χ0v) is 8.66. The molecule has 0 aliphatic rings. The Kier molecular flexibility index (Phi) is 2.87. The summed E-state index contributed by atoms with van der Waals surface area (Å²) in [6.07, 6.45) is 0. The molecule has 3 heteroatoms. The Balaban J connectivity index is 3.04. The molecule has 1 rings (SSSR count). The van der Waals surface area contributed by atoms with Crippen molar-refractivity contribution in [2.75, 3.05) is 7.11 Å². The van der Waals surface area contributed by atoms with Gasteiger partial charge in [0, 0.05) is 11.1 Å². The van der Waals surface area contributed by atoms with Crippen LogP contribution in [0.5, 0.6) is 0 Å². The topological polar surface area (TPSA) is 22.1 Å². The maximum Gasteiger partial charge on any atom is 0.158 e. The molecule has 1 heterocycles. The molecule has 2 nitrogen and oxygen atoms in total. The fourth-order valence-corrected chi connectivity index (χ4v) is 1.89. The van der Waals surface area contributed by atoms with E-state index in [1.807, 2.05) is 26.2 Å². The van der Waals surface area contributed by atoms with Crippen LogP contribution in [-0.4, -0.2) is 12.1 Å². The summed E-state index contributed by atoms with van der Waals surface area (Å²) < 4.78 is 5.24. The van der Waals surface area contributed by atoms with Crippen LogP contribution in [0.25, 0.3) is 5.76 Å². The van der Waals surface area contributed by atoms with Gasteiger partial charge in [-0.25, -0.2) is 4.98 Å². The molecule has 0 amide bonds. The summed E-state index contributed by atoms with van der Waals surface area (Å²) in [5.41, 5.74) is 2.21. The fourth-order valence-electron chi connectivity index (χ4n) is 0.964. The number of thiazole rings is 1. The van der Waals surface area contributed by atoms with Gasteiger partial charge in [-0.3, -0.25) is 0 Å². The van der Waals surface area contributed by atoms with Gasteiger partial charge in [0.2, 0.25) is 0 Å². The first kappa shape index (κ1) is 9.26. The summed E-state index contributed by atoms with van der Waals surface area (Å²) in [4.78, 5) is 4.34. The van der Waals surface area contributed by atoms with E-state index < -0.39 is 0 Å². The zero-order valence-electron chi connectivity index (χ0n) is 7.84. The third kappa shape index (κ3) is 1.85. The third-order valence-corrected chi connectivity index (χ3v) is 2.43. The van der Waals surface area contributed by atoms with Crippen LogP contribution in [0, 0.1) is 6.92 Å². The van der Waals surface area contributed by atoms with Crippen molar-refractivity contribution in [3.8, 4) is 0 Å². The maximum atomic E-state index is 5.24. The minimum Gasteiger partial charge on any atom is -0.494 e. The Morgan fingerprint density at radius 2 is 2.17 bits per heavy atom. The van der Waals surface area contributed by atoms with Crippen LogP contribution in [0.2, 0.25) is 0 Å². The molecule has 0 N–H and O–H groups in total. The maximum absolute atomic E-state index is 5.24. The van der Waals surface area contributed by atoms with E-state index in [1.54, 1.807) is 18.4 Å². The molecule has 0 aliphatic heterocycles. The highest BCUT2D eigenvalue weighted by Crippen LogP contribution is 2.22. The van der Waals surface area contributed by atoms with Crippen LogP contribution in [0.3, 0.4) is 0 Å². The van der Waals surface area contributed by atoms with Crippen molar-refractivity contribution in [2.24, 2.45) is 0 Å². The molecule has 0 saturated carbocycles. The molecular formula is C9H13NOS. The first-order valence-corrected chi connectivity index (χ1v) is 4.67. The van der Waals surface area contributed by atoms with Crippen molar-refractivity contribution < 1.29 is 4.74 Å². The molecule has 12 heavy (non-hydrogen) atoms. The van der Waals surface area contributed by atoms with Gasteiger partial charge in [-0.2, -0.15) is 0 Å². The number of aromatic nitrogens is 1. The summed E-state index contributed by atoms with van der Waals surface area (Å²) in [6, 6.07) is 0. The quantitative estimate of drug-likeness (QED) is 0.658. The van der Waals surface area contributed by atoms with E-state index in [9.17, 15) is 0 Å². The molecule has 0 atom stereocenters. The van der Waals surface area contributed by atoms with Gasteiger partial charge in [0.15, 0.2) is 10.8 Å². The number of ether oxygens (including phenoxy) is 1. The number of rotatable bonds is 2. The van der Waals surface area contributed by atoms with Crippen molar-refractivity contribution in [1.82, 2.24) is 4.98 Å². The molecule has 0 radical (unpaired) electrons. The van der Waals surface area contributed by atoms with Crippen LogP contribution in [0.1, 0.15) is 24.5 Å². The average molecular weight is 183 g/mol. The number of hydrogen-bond acceptors (Lipinski definition) is 3. The van der Waals surface area contributed by atoms with Crippen LogP contribution in [-0.2, 0) is 4.74 Å². The van der Waals surface area contributed by atoms with Crippen LogP contribution < -0.4 is 0 Å². The Morgan fingerprint density at radius 1 is 1.50 bits per heavy atom. The molecule has 0 saturated heterocycles. The molecular weight excluding hydrogens is 170 g/mol. The molecule has 1 aromatic rings. The van der Waals surface area contributed by atoms with E-state index in [4.69, 9.17) is 4.74 Å². The number of nitrogens with zero attached hydrogens (tertiary/aromatic N) is 1. The molecule has 0 fully saturated rings. The smallest absolute Gasteiger partial charge is 0.158 e. The minimum absolute atomic E-state index is 0.896. The Labute approximate surface area is 76.9 Å². The average Bonchev–Trinajstić information content (AvgIpc) is 2.37. The van der Waals surface area contributed by atoms with Crippen molar-refractivity contribution >= 4 is 17.1 Å². The van der Waals surface area contributed by atoms with Gasteiger partial charge in [0.25, 0.3) is 0 Å². The van der Waals surface area contributed by atoms with E-state index >= 15 is 0 Å². The highest BCUT2D eigenvalue weighted by atomic mass is 32.1. The van der Waals surface area contributed by atoms with Crippen molar-refractivity contribution in [3.05, 3.63) is 21.7 Å². The summed E-state index contributed by atoms with van der Waals surface area (Å²) in [5, 5.41) is 2.99. The predicted molar refractivity (Wildman–Crippen MR) is 52.1 cm³/mol. The summed E-state index contributed by atoms with van der Waals surface area (Å²) in [5.74, 6) is 0.896. The Hall–Kier alpha value is -0.830. The minimum atomic E-state index is 0.896. The third-order valence-electron chi connectivity index (χ3n) is 1.47. The second-order valence-electron chi connectivity index (χ2n) is 2.83. The molecule has 0 spiro atoms. The lowest BCUT2D eigenvalue weighted by Crippen LogP contribution is -1.89. The van der Waals surface area contributed by atoms with Gasteiger partial charge in [0.05, 0.1) is 7.11 Å². The van der Waals surface area contributed by atoms with Crippen LogP contribution >= 0.6 is 11.3 Å². The number of allylic oxidation sites excluding steroid dienone is 1. The largest absolute Gasteiger partial charge is 0.494 e. The molecule has 0 bridgehead atoms. The molecule has 0 aliphatic carbocycles. The zero-order chi connectivity index (χ0) is 9.14.